The van der Waals surface area contributed by atoms with E-state index in [4.69, 9.17) is 0 Å². The number of hydrogen-bond acceptors (Lipinski definition) is 2. The Morgan fingerprint density at radius 1 is 2.00 bits per heavy atom. The quantitative estimate of drug-likeness (QED) is 0.411. The average Bonchev–Trinajstić information content (AvgIpc) is 1.91. The van der Waals surface area contributed by atoms with Gasteiger partial charge in [0.25, 0.3) is 0 Å². The highest BCUT2D eigenvalue weighted by Crippen LogP contribution is 2.05. The minimum atomic E-state index is 0.243. The van der Waals surface area contributed by atoms with Crippen molar-refractivity contribution in [2.45, 2.75) is 5.08 Å². The molecule has 0 spiro atoms. The van der Waals surface area contributed by atoms with Gasteiger partial charge in [-0.15, -0.1) is 0 Å². The molecule has 0 bridgehead atoms. The summed E-state index contributed by atoms with van der Waals surface area (Å²) in [4.78, 5) is 1.97. The summed E-state index contributed by atoms with van der Waals surface area (Å²) in [6, 6.07) is 0. The van der Waals surface area contributed by atoms with E-state index in [1.54, 1.807) is 0 Å². The zero-order valence-corrected chi connectivity index (χ0v) is 5.57. The van der Waals surface area contributed by atoms with Crippen LogP contribution in [0.4, 0.5) is 0 Å². The number of rotatable bonds is 0. The lowest BCUT2D eigenvalue weighted by Crippen LogP contribution is -2.25. The van der Waals surface area contributed by atoms with Gasteiger partial charge in [-0.1, -0.05) is 0 Å². The molecule has 3 heteroatoms. The molecule has 1 atom stereocenters. The van der Waals surface area contributed by atoms with Gasteiger partial charge in [-0.2, -0.15) is 0 Å². The van der Waals surface area contributed by atoms with Crippen molar-refractivity contribution in [3.8, 4) is 0 Å². The number of nitrogens with one attached hydrogen (secondary N) is 1. The predicted molar refractivity (Wildman–Crippen MR) is 31.4 cm³/mol. The monoisotopic (exact) mass is 161 g/mol. The highest BCUT2D eigenvalue weighted by Gasteiger charge is 2.07. The Morgan fingerprint density at radius 2 is 2.71 bits per heavy atom. The summed E-state index contributed by atoms with van der Waals surface area (Å²) in [6.45, 7) is 0. The molecular formula is C4H6BrN2. The van der Waals surface area contributed by atoms with E-state index in [0.717, 1.165) is 0 Å². The van der Waals surface area contributed by atoms with Crippen molar-refractivity contribution in [1.82, 2.24) is 10.2 Å². The summed E-state index contributed by atoms with van der Waals surface area (Å²) >= 11 is 3.32. The zero-order chi connectivity index (χ0) is 5.28. The van der Waals surface area contributed by atoms with Crippen molar-refractivity contribution in [3.63, 3.8) is 0 Å². The molecule has 0 aliphatic carbocycles. The van der Waals surface area contributed by atoms with Gasteiger partial charge in [0.05, 0.1) is 6.20 Å². The van der Waals surface area contributed by atoms with Gasteiger partial charge < -0.3 is 10.2 Å². The molecule has 1 rings (SSSR count). The van der Waals surface area contributed by atoms with Crippen LogP contribution in [-0.2, 0) is 0 Å². The molecule has 1 aliphatic heterocycles. The van der Waals surface area contributed by atoms with Crippen molar-refractivity contribution >= 4 is 15.9 Å². The van der Waals surface area contributed by atoms with Crippen LogP contribution in [0.3, 0.4) is 0 Å². The molecule has 1 heterocycles. The Balaban J connectivity index is 2.45. The third kappa shape index (κ3) is 0.881. The first-order chi connectivity index (χ1) is 3.30. The van der Waals surface area contributed by atoms with E-state index in [-0.39, 0.29) is 5.08 Å². The number of nitrogens with zero attached hydrogens (tertiary/aromatic N) is 1. The van der Waals surface area contributed by atoms with Crippen LogP contribution in [0.5, 0.6) is 0 Å². The van der Waals surface area contributed by atoms with E-state index < -0.39 is 0 Å². The first kappa shape index (κ1) is 4.97. The van der Waals surface area contributed by atoms with Crippen LogP contribution < -0.4 is 5.32 Å². The van der Waals surface area contributed by atoms with E-state index in [2.05, 4.69) is 27.4 Å². The molecule has 0 saturated carbocycles. The Kier molecular flexibility index (Phi) is 1.23. The number of hydrogen-bond donors (Lipinski definition) is 1. The van der Waals surface area contributed by atoms with Gasteiger partial charge >= 0.3 is 0 Å². The van der Waals surface area contributed by atoms with Crippen LogP contribution in [-0.4, -0.2) is 17.0 Å². The van der Waals surface area contributed by atoms with E-state index in [9.17, 15) is 0 Å². The summed E-state index contributed by atoms with van der Waals surface area (Å²) in [5, 5.41) is 3.15. The van der Waals surface area contributed by atoms with Gasteiger partial charge in [-0.05, 0) is 15.9 Å². The summed E-state index contributed by atoms with van der Waals surface area (Å²) in [6.07, 6.45) is 4.67. The molecule has 0 aromatic carbocycles. The standard InChI is InChI=1S/C4H6BrN2/c1-7-3-2-6-4(7)5/h3-4,6H,1H3. The van der Waals surface area contributed by atoms with E-state index >= 15 is 0 Å². The second-order valence-electron chi connectivity index (χ2n) is 1.42. The molecule has 0 aromatic rings. The number of alkyl halides is 1. The maximum absolute atomic E-state index is 3.32. The molecule has 1 unspecified atom stereocenters. The maximum atomic E-state index is 3.32. The van der Waals surface area contributed by atoms with Crippen molar-refractivity contribution in [2.75, 3.05) is 7.05 Å². The molecule has 7 heavy (non-hydrogen) atoms. The Morgan fingerprint density at radius 3 is 2.86 bits per heavy atom. The maximum Gasteiger partial charge on any atom is 0.156 e. The van der Waals surface area contributed by atoms with Crippen LogP contribution in [0.25, 0.3) is 0 Å². The van der Waals surface area contributed by atoms with Crippen LogP contribution in [0.2, 0.25) is 0 Å². The molecule has 1 N–H and O–H groups in total. The lowest BCUT2D eigenvalue weighted by Gasteiger charge is -2.12. The zero-order valence-electron chi connectivity index (χ0n) is 3.98. The third-order valence-electron chi connectivity index (χ3n) is 0.828. The molecule has 0 fully saturated rings. The lowest BCUT2D eigenvalue weighted by atomic mass is 10.9. The minimum Gasteiger partial charge on any atom is -0.353 e. The van der Waals surface area contributed by atoms with Crippen molar-refractivity contribution in [3.05, 3.63) is 12.4 Å². The van der Waals surface area contributed by atoms with Gasteiger partial charge in [0.15, 0.2) is 5.08 Å². The predicted octanol–water partition coefficient (Wildman–Crippen LogP) is 0.474. The van der Waals surface area contributed by atoms with Crippen LogP contribution in [0.15, 0.2) is 6.20 Å². The average molecular weight is 162 g/mol. The highest BCUT2D eigenvalue weighted by atomic mass is 79.9. The summed E-state index contributed by atoms with van der Waals surface area (Å²) in [5.41, 5.74) is 0. The van der Waals surface area contributed by atoms with Crippen molar-refractivity contribution < 1.29 is 0 Å². The largest absolute Gasteiger partial charge is 0.353 e. The normalized spacial score (nSPS) is 28.3. The van der Waals surface area contributed by atoms with Crippen molar-refractivity contribution in [1.29, 1.82) is 0 Å². The lowest BCUT2D eigenvalue weighted by molar-refractivity contribution is 0.444. The van der Waals surface area contributed by atoms with E-state index in [0.29, 0.717) is 0 Å². The van der Waals surface area contributed by atoms with E-state index in [1.165, 1.54) is 0 Å². The molecule has 0 saturated heterocycles. The second-order valence-corrected chi connectivity index (χ2v) is 2.29. The van der Waals surface area contributed by atoms with Gasteiger partial charge in [-0.25, -0.2) is 0 Å². The molecular weight excluding hydrogens is 156 g/mol. The summed E-state index contributed by atoms with van der Waals surface area (Å²) in [7, 11) is 1.96. The SMILES string of the molecule is CN1C=[C]NC1Br. The van der Waals surface area contributed by atoms with E-state index in [1.807, 2.05) is 18.1 Å². The molecule has 1 radical (unpaired) electrons. The Bertz CT molecular complexity index is 91.7. The smallest absolute Gasteiger partial charge is 0.156 e. The Labute approximate surface area is 51.3 Å². The Hall–Kier alpha value is -0.180. The third-order valence-corrected chi connectivity index (χ3v) is 1.70. The van der Waals surface area contributed by atoms with Gasteiger partial charge in [-0.3, -0.25) is 0 Å². The van der Waals surface area contributed by atoms with Crippen LogP contribution >= 0.6 is 15.9 Å². The van der Waals surface area contributed by atoms with Gasteiger partial charge in [0.1, 0.15) is 0 Å². The molecule has 1 aliphatic rings. The fourth-order valence-electron chi connectivity index (χ4n) is 0.375. The van der Waals surface area contributed by atoms with Crippen molar-refractivity contribution in [2.24, 2.45) is 0 Å². The fraction of sp³-hybridized carbons (Fsp3) is 0.500. The first-order valence-electron chi connectivity index (χ1n) is 2.01. The topological polar surface area (TPSA) is 15.3 Å². The molecule has 0 amide bonds. The summed E-state index contributed by atoms with van der Waals surface area (Å²) in [5.74, 6) is 0. The fourth-order valence-corrected chi connectivity index (χ4v) is 0.625. The number of halogens is 1. The molecule has 39 valence electrons. The first-order valence-corrected chi connectivity index (χ1v) is 2.92. The molecule has 2 nitrogen and oxygen atoms in total. The molecule has 0 aromatic heterocycles. The summed E-state index contributed by atoms with van der Waals surface area (Å²) < 4.78 is 0. The van der Waals surface area contributed by atoms with Gasteiger partial charge in [0, 0.05) is 13.2 Å². The van der Waals surface area contributed by atoms with Crippen LogP contribution in [0, 0.1) is 6.20 Å². The highest BCUT2D eigenvalue weighted by molar-refractivity contribution is 9.09. The minimum absolute atomic E-state index is 0.243. The van der Waals surface area contributed by atoms with Crippen LogP contribution in [0.1, 0.15) is 0 Å². The second kappa shape index (κ2) is 1.74. The van der Waals surface area contributed by atoms with Gasteiger partial charge in [0.2, 0.25) is 0 Å².